The number of hydrazone groups is 1. The summed E-state index contributed by atoms with van der Waals surface area (Å²) in [6.07, 6.45) is 4.86. The molecule has 1 heterocycles. The first-order chi connectivity index (χ1) is 17.6. The third-order valence-corrected chi connectivity index (χ3v) is 6.38. The molecule has 0 aliphatic rings. The highest BCUT2D eigenvalue weighted by atomic mass is 16.5. The van der Waals surface area contributed by atoms with Crippen molar-refractivity contribution >= 4 is 23.0 Å². The Morgan fingerprint density at radius 1 is 1.03 bits per heavy atom. The number of aromatic nitrogens is 1. The number of hydrogen-bond donors (Lipinski definition) is 1. The van der Waals surface area contributed by atoms with Crippen LogP contribution in [0.1, 0.15) is 67.4 Å². The van der Waals surface area contributed by atoms with E-state index in [-0.39, 0.29) is 5.91 Å². The average molecular weight is 480 g/mol. The highest BCUT2D eigenvalue weighted by Crippen LogP contribution is 2.27. The van der Waals surface area contributed by atoms with E-state index in [0.29, 0.717) is 18.1 Å². The van der Waals surface area contributed by atoms with E-state index in [2.05, 4.69) is 55.6 Å². The van der Waals surface area contributed by atoms with Crippen LogP contribution in [0, 0.1) is 0 Å². The quantitative estimate of drug-likeness (QED) is 0.147. The van der Waals surface area contributed by atoms with E-state index in [0.717, 1.165) is 52.7 Å². The zero-order valence-corrected chi connectivity index (χ0v) is 21.2. The topological polar surface area (TPSA) is 63.6 Å². The molecule has 0 aliphatic heterocycles. The fourth-order valence-corrected chi connectivity index (χ4v) is 3.94. The molecule has 4 rings (SSSR count). The van der Waals surface area contributed by atoms with Crippen LogP contribution in [0.15, 0.2) is 84.0 Å². The predicted octanol–water partition coefficient (Wildman–Crippen LogP) is 7.36. The monoisotopic (exact) mass is 479 g/mol. The molecule has 0 fully saturated rings. The molecule has 36 heavy (non-hydrogen) atoms. The minimum Gasteiger partial charge on any atom is -0.494 e. The molecule has 1 aromatic heterocycles. The molecule has 0 aliphatic carbocycles. The molecule has 0 bridgehead atoms. The number of carbonyl (C=O) groups is 1. The van der Waals surface area contributed by atoms with Crippen LogP contribution < -0.4 is 10.2 Å². The minimum atomic E-state index is -0.276. The van der Waals surface area contributed by atoms with Crippen molar-refractivity contribution in [1.29, 1.82) is 0 Å². The van der Waals surface area contributed by atoms with E-state index in [1.54, 1.807) is 6.21 Å². The fraction of sp³-hybridized carbons (Fsp3) is 0.258. The molecule has 5 nitrogen and oxygen atoms in total. The van der Waals surface area contributed by atoms with Gasteiger partial charge in [-0.05, 0) is 66.3 Å². The normalized spacial score (nSPS) is 12.1. The van der Waals surface area contributed by atoms with E-state index < -0.39 is 0 Å². The van der Waals surface area contributed by atoms with E-state index in [1.165, 1.54) is 5.56 Å². The van der Waals surface area contributed by atoms with Gasteiger partial charge in [-0.2, -0.15) is 5.10 Å². The number of benzene rings is 3. The van der Waals surface area contributed by atoms with E-state index >= 15 is 0 Å². The van der Waals surface area contributed by atoms with E-state index in [4.69, 9.17) is 9.72 Å². The van der Waals surface area contributed by atoms with Crippen LogP contribution in [-0.2, 0) is 0 Å². The largest absolute Gasteiger partial charge is 0.494 e. The van der Waals surface area contributed by atoms with Crippen LogP contribution in [-0.4, -0.2) is 23.7 Å². The Balaban J connectivity index is 1.52. The zero-order valence-electron chi connectivity index (χ0n) is 21.2. The standard InChI is InChI=1S/C31H33N3O2/c1-4-6-19-36-26-17-11-23(12-18-26)21-32-34-31(35)28-20-30(33-29-10-8-7-9-27(28)29)25-15-13-24(14-16-25)22(3)5-2/h7-18,20-22H,4-6,19H2,1-3H3,(H,34,35)/b32-21-. The average Bonchev–Trinajstić information content (AvgIpc) is 2.93. The van der Waals surface area contributed by atoms with Gasteiger partial charge in [-0.25, -0.2) is 10.4 Å². The number of hydrogen-bond acceptors (Lipinski definition) is 4. The first-order valence-electron chi connectivity index (χ1n) is 12.7. The lowest BCUT2D eigenvalue weighted by atomic mass is 9.96. The molecule has 0 spiro atoms. The third kappa shape index (κ3) is 6.16. The predicted molar refractivity (Wildman–Crippen MR) is 148 cm³/mol. The van der Waals surface area contributed by atoms with Crippen LogP contribution in [0.5, 0.6) is 5.75 Å². The maximum atomic E-state index is 13.1. The Bertz CT molecular complexity index is 1330. The Hall–Kier alpha value is -3.99. The van der Waals surface area contributed by atoms with Crippen molar-refractivity contribution in [3.63, 3.8) is 0 Å². The number of nitrogens with zero attached hydrogens (tertiary/aromatic N) is 2. The number of ether oxygens (including phenoxy) is 1. The van der Waals surface area contributed by atoms with Crippen LogP contribution in [0.2, 0.25) is 0 Å². The minimum absolute atomic E-state index is 0.276. The summed E-state index contributed by atoms with van der Waals surface area (Å²) in [5, 5.41) is 4.98. The Labute approximate surface area is 213 Å². The summed E-state index contributed by atoms with van der Waals surface area (Å²) in [7, 11) is 0. The lowest BCUT2D eigenvalue weighted by Gasteiger charge is -2.11. The molecule has 1 unspecified atom stereocenters. The summed E-state index contributed by atoms with van der Waals surface area (Å²) < 4.78 is 5.69. The Kier molecular flexibility index (Phi) is 8.45. The molecule has 0 saturated heterocycles. The molecule has 4 aromatic rings. The SMILES string of the molecule is CCCCOc1ccc(/C=N\NC(=O)c2cc(-c3ccc(C(C)CC)cc3)nc3ccccc23)cc1. The fourth-order valence-electron chi connectivity index (χ4n) is 3.94. The molecular formula is C31H33N3O2. The molecule has 5 heteroatoms. The summed E-state index contributed by atoms with van der Waals surface area (Å²) in [6, 6.07) is 25.6. The van der Waals surface area contributed by atoms with E-state index in [9.17, 15) is 4.79 Å². The van der Waals surface area contributed by atoms with Gasteiger partial charge in [-0.15, -0.1) is 0 Å². The molecule has 184 valence electrons. The lowest BCUT2D eigenvalue weighted by Crippen LogP contribution is -2.18. The maximum absolute atomic E-state index is 13.1. The number of nitrogens with one attached hydrogen (secondary N) is 1. The number of fused-ring (bicyclic) bond motifs is 1. The number of amides is 1. The summed E-state index contributed by atoms with van der Waals surface area (Å²) in [6.45, 7) is 7.26. The number of para-hydroxylation sites is 1. The highest BCUT2D eigenvalue weighted by Gasteiger charge is 2.14. The van der Waals surface area contributed by atoms with Gasteiger partial charge in [0, 0.05) is 10.9 Å². The van der Waals surface area contributed by atoms with Crippen LogP contribution >= 0.6 is 0 Å². The Morgan fingerprint density at radius 3 is 2.50 bits per heavy atom. The van der Waals surface area contributed by atoms with Gasteiger partial charge in [-0.1, -0.05) is 69.7 Å². The van der Waals surface area contributed by atoms with Gasteiger partial charge in [0.25, 0.3) is 5.91 Å². The lowest BCUT2D eigenvalue weighted by molar-refractivity contribution is 0.0956. The summed E-state index contributed by atoms with van der Waals surface area (Å²) >= 11 is 0. The van der Waals surface area contributed by atoms with Crippen molar-refractivity contribution in [3.05, 3.63) is 95.6 Å². The summed E-state index contributed by atoms with van der Waals surface area (Å²) in [5.41, 5.74) is 7.91. The van der Waals surface area contributed by atoms with Crippen LogP contribution in [0.3, 0.4) is 0 Å². The maximum Gasteiger partial charge on any atom is 0.272 e. The van der Waals surface area contributed by atoms with Crippen LogP contribution in [0.25, 0.3) is 22.2 Å². The van der Waals surface area contributed by atoms with Gasteiger partial charge in [0.2, 0.25) is 0 Å². The molecular weight excluding hydrogens is 446 g/mol. The second kappa shape index (κ2) is 12.1. The van der Waals surface area contributed by atoms with Gasteiger partial charge < -0.3 is 4.74 Å². The second-order valence-electron chi connectivity index (χ2n) is 8.97. The van der Waals surface area contributed by atoms with Gasteiger partial charge >= 0.3 is 0 Å². The number of carbonyl (C=O) groups excluding carboxylic acids is 1. The number of rotatable bonds is 10. The van der Waals surface area contributed by atoms with Crippen molar-refractivity contribution in [2.24, 2.45) is 5.10 Å². The second-order valence-corrected chi connectivity index (χ2v) is 8.97. The van der Waals surface area contributed by atoms with Crippen molar-refractivity contribution in [2.45, 2.75) is 46.0 Å². The van der Waals surface area contributed by atoms with Gasteiger partial charge in [0.1, 0.15) is 5.75 Å². The molecule has 1 N–H and O–H groups in total. The van der Waals surface area contributed by atoms with Crippen molar-refractivity contribution in [2.75, 3.05) is 6.61 Å². The van der Waals surface area contributed by atoms with Crippen LogP contribution in [0.4, 0.5) is 0 Å². The van der Waals surface area contributed by atoms with Gasteiger partial charge in [-0.3, -0.25) is 4.79 Å². The molecule has 0 radical (unpaired) electrons. The van der Waals surface area contributed by atoms with E-state index in [1.807, 2.05) is 54.6 Å². The van der Waals surface area contributed by atoms with Gasteiger partial charge in [0.05, 0.1) is 29.6 Å². The number of unbranched alkanes of at least 4 members (excludes halogenated alkanes) is 1. The number of pyridine rings is 1. The van der Waals surface area contributed by atoms with Crippen molar-refractivity contribution in [1.82, 2.24) is 10.4 Å². The summed E-state index contributed by atoms with van der Waals surface area (Å²) in [4.78, 5) is 18.0. The van der Waals surface area contributed by atoms with Crippen molar-refractivity contribution < 1.29 is 9.53 Å². The zero-order chi connectivity index (χ0) is 25.3. The Morgan fingerprint density at radius 2 is 1.78 bits per heavy atom. The molecule has 1 atom stereocenters. The first-order valence-corrected chi connectivity index (χ1v) is 12.7. The van der Waals surface area contributed by atoms with Gasteiger partial charge in [0.15, 0.2) is 0 Å². The van der Waals surface area contributed by atoms with Crippen molar-refractivity contribution in [3.8, 4) is 17.0 Å². The summed E-state index contributed by atoms with van der Waals surface area (Å²) in [5.74, 6) is 1.06. The molecule has 3 aromatic carbocycles. The molecule has 1 amide bonds. The third-order valence-electron chi connectivity index (χ3n) is 6.38. The highest BCUT2D eigenvalue weighted by molar-refractivity contribution is 6.07. The smallest absolute Gasteiger partial charge is 0.272 e. The molecule has 0 saturated carbocycles. The first kappa shape index (κ1) is 25.1.